The van der Waals surface area contributed by atoms with E-state index in [1.165, 1.54) is 37.0 Å². The fourth-order valence-corrected chi connectivity index (χ4v) is 4.14. The van der Waals surface area contributed by atoms with Crippen molar-refractivity contribution in [3.63, 3.8) is 0 Å². The van der Waals surface area contributed by atoms with Crippen LogP contribution in [-0.4, -0.2) is 53.5 Å². The van der Waals surface area contributed by atoms with E-state index in [-0.39, 0.29) is 11.9 Å². The van der Waals surface area contributed by atoms with Crippen LogP contribution in [0, 0.1) is 11.8 Å². The van der Waals surface area contributed by atoms with Gasteiger partial charge in [-0.3, -0.25) is 9.69 Å². The van der Waals surface area contributed by atoms with Gasteiger partial charge in [0, 0.05) is 19.6 Å². The van der Waals surface area contributed by atoms with Crippen LogP contribution in [-0.2, 0) is 4.79 Å². The van der Waals surface area contributed by atoms with Crippen LogP contribution in [0.5, 0.6) is 0 Å². The molecule has 3 fully saturated rings. The minimum atomic E-state index is -0.743. The van der Waals surface area contributed by atoms with Crippen LogP contribution in [0.1, 0.15) is 46.0 Å². The molecule has 5 heteroatoms. The van der Waals surface area contributed by atoms with Gasteiger partial charge in [-0.1, -0.05) is 19.3 Å². The van der Waals surface area contributed by atoms with E-state index in [9.17, 15) is 9.59 Å². The standard InChI is InChI=1S/C16H27N3O2/c1-16(2)14(20)19(15(21)17-16)10-9-18-8-7-12-5-3-4-6-13(12)11-18/h12-13H,3-11H2,1-2H3,(H,17,21)/t12-,13-/m0/s1. The Morgan fingerprint density at radius 1 is 1.10 bits per heavy atom. The lowest BCUT2D eigenvalue weighted by atomic mass is 9.75. The van der Waals surface area contributed by atoms with E-state index in [1.807, 2.05) is 0 Å². The highest BCUT2D eigenvalue weighted by Crippen LogP contribution is 2.35. The number of amides is 3. The molecule has 1 aliphatic carbocycles. The molecule has 0 unspecified atom stereocenters. The Morgan fingerprint density at radius 3 is 2.48 bits per heavy atom. The third kappa shape index (κ3) is 2.93. The number of carbonyl (C=O) groups is 2. The number of urea groups is 1. The normalized spacial score (nSPS) is 33.0. The topological polar surface area (TPSA) is 52.7 Å². The summed E-state index contributed by atoms with van der Waals surface area (Å²) in [4.78, 5) is 27.9. The van der Waals surface area contributed by atoms with E-state index in [0.29, 0.717) is 6.54 Å². The van der Waals surface area contributed by atoms with Crippen LogP contribution in [0.4, 0.5) is 4.79 Å². The quantitative estimate of drug-likeness (QED) is 0.808. The van der Waals surface area contributed by atoms with Crippen LogP contribution < -0.4 is 5.32 Å². The summed E-state index contributed by atoms with van der Waals surface area (Å²) in [6, 6.07) is -0.238. The molecular formula is C16H27N3O2. The second kappa shape index (κ2) is 5.59. The first-order chi connectivity index (χ1) is 9.97. The lowest BCUT2D eigenvalue weighted by molar-refractivity contribution is -0.130. The number of imide groups is 1. The smallest absolute Gasteiger partial charge is 0.324 e. The first kappa shape index (κ1) is 14.8. The number of carbonyl (C=O) groups excluding carboxylic acids is 2. The second-order valence-corrected chi connectivity index (χ2v) is 7.41. The predicted octanol–water partition coefficient (Wildman–Crippen LogP) is 1.83. The Hall–Kier alpha value is -1.10. The summed E-state index contributed by atoms with van der Waals surface area (Å²) in [7, 11) is 0. The average molecular weight is 293 g/mol. The van der Waals surface area contributed by atoms with Gasteiger partial charge in [-0.05, 0) is 45.1 Å². The summed E-state index contributed by atoms with van der Waals surface area (Å²) in [6.45, 7) is 7.14. The summed E-state index contributed by atoms with van der Waals surface area (Å²) >= 11 is 0. The molecule has 3 aliphatic rings. The maximum Gasteiger partial charge on any atom is 0.325 e. The van der Waals surface area contributed by atoms with Crippen molar-refractivity contribution in [2.45, 2.75) is 51.5 Å². The van der Waals surface area contributed by atoms with Gasteiger partial charge in [0.1, 0.15) is 5.54 Å². The highest BCUT2D eigenvalue weighted by atomic mass is 16.2. The van der Waals surface area contributed by atoms with E-state index in [1.54, 1.807) is 13.8 Å². The van der Waals surface area contributed by atoms with E-state index < -0.39 is 5.54 Å². The Balaban J connectivity index is 1.52. The van der Waals surface area contributed by atoms with Crippen LogP contribution in [0.25, 0.3) is 0 Å². The Morgan fingerprint density at radius 2 is 1.81 bits per heavy atom. The van der Waals surface area contributed by atoms with Gasteiger partial charge in [-0.25, -0.2) is 4.79 Å². The molecule has 2 aliphatic heterocycles. The molecule has 1 saturated carbocycles. The van der Waals surface area contributed by atoms with Crippen LogP contribution in [0.3, 0.4) is 0 Å². The van der Waals surface area contributed by atoms with Gasteiger partial charge in [0.15, 0.2) is 0 Å². The van der Waals surface area contributed by atoms with Gasteiger partial charge in [0.05, 0.1) is 0 Å². The van der Waals surface area contributed by atoms with E-state index in [4.69, 9.17) is 0 Å². The number of rotatable bonds is 3. The van der Waals surface area contributed by atoms with Crippen molar-refractivity contribution in [1.29, 1.82) is 0 Å². The Bertz CT molecular complexity index is 435. The van der Waals surface area contributed by atoms with Crippen molar-refractivity contribution < 1.29 is 9.59 Å². The number of hydrogen-bond donors (Lipinski definition) is 1. The van der Waals surface area contributed by atoms with Gasteiger partial charge >= 0.3 is 6.03 Å². The van der Waals surface area contributed by atoms with Crippen LogP contribution >= 0.6 is 0 Å². The first-order valence-electron chi connectivity index (χ1n) is 8.34. The molecule has 0 radical (unpaired) electrons. The van der Waals surface area contributed by atoms with E-state index >= 15 is 0 Å². The summed E-state index contributed by atoms with van der Waals surface area (Å²) in [5, 5.41) is 2.74. The largest absolute Gasteiger partial charge is 0.325 e. The van der Waals surface area contributed by atoms with Crippen molar-refractivity contribution in [2.75, 3.05) is 26.2 Å². The second-order valence-electron chi connectivity index (χ2n) is 7.41. The molecule has 3 rings (SSSR count). The molecule has 2 heterocycles. The summed E-state index contributed by atoms with van der Waals surface area (Å²) in [5.74, 6) is 1.66. The number of piperidine rings is 1. The molecule has 3 amide bonds. The number of fused-ring (bicyclic) bond motifs is 1. The van der Waals surface area contributed by atoms with E-state index in [2.05, 4.69) is 10.2 Å². The molecule has 1 N–H and O–H groups in total. The highest BCUT2D eigenvalue weighted by molar-refractivity contribution is 6.06. The average Bonchev–Trinajstić information content (AvgIpc) is 2.65. The zero-order valence-electron chi connectivity index (χ0n) is 13.2. The minimum absolute atomic E-state index is 0.0972. The highest BCUT2D eigenvalue weighted by Gasteiger charge is 2.44. The summed E-state index contributed by atoms with van der Waals surface area (Å²) in [5.41, 5.74) is -0.743. The van der Waals surface area contributed by atoms with Crippen LogP contribution in [0.2, 0.25) is 0 Å². The third-order valence-corrected chi connectivity index (χ3v) is 5.46. The molecule has 0 spiro atoms. The summed E-state index contributed by atoms with van der Waals surface area (Å²) in [6.07, 6.45) is 6.82. The molecule has 5 nitrogen and oxygen atoms in total. The zero-order chi connectivity index (χ0) is 15.0. The van der Waals surface area contributed by atoms with Crippen molar-refractivity contribution in [3.8, 4) is 0 Å². The molecule has 0 aromatic carbocycles. The molecule has 2 saturated heterocycles. The lowest BCUT2D eigenvalue weighted by Gasteiger charge is -2.41. The maximum absolute atomic E-state index is 12.2. The maximum atomic E-state index is 12.2. The zero-order valence-corrected chi connectivity index (χ0v) is 13.2. The van der Waals surface area contributed by atoms with Crippen LogP contribution in [0.15, 0.2) is 0 Å². The van der Waals surface area contributed by atoms with Crippen molar-refractivity contribution in [2.24, 2.45) is 11.8 Å². The van der Waals surface area contributed by atoms with Gasteiger partial charge in [0.25, 0.3) is 5.91 Å². The number of hydrogen-bond acceptors (Lipinski definition) is 3. The fourth-order valence-electron chi connectivity index (χ4n) is 4.14. The first-order valence-corrected chi connectivity index (χ1v) is 8.34. The number of likely N-dealkylation sites (tertiary alicyclic amines) is 1. The summed E-state index contributed by atoms with van der Waals surface area (Å²) < 4.78 is 0. The molecule has 0 bridgehead atoms. The Labute approximate surface area is 127 Å². The predicted molar refractivity (Wildman–Crippen MR) is 80.8 cm³/mol. The minimum Gasteiger partial charge on any atom is -0.324 e. The van der Waals surface area contributed by atoms with Gasteiger partial charge in [-0.15, -0.1) is 0 Å². The molecule has 0 aromatic rings. The van der Waals surface area contributed by atoms with Crippen molar-refractivity contribution in [1.82, 2.24) is 15.1 Å². The van der Waals surface area contributed by atoms with Gasteiger partial charge in [-0.2, -0.15) is 0 Å². The van der Waals surface area contributed by atoms with Gasteiger partial charge < -0.3 is 10.2 Å². The Kier molecular flexibility index (Phi) is 3.95. The number of nitrogens with zero attached hydrogens (tertiary/aromatic N) is 2. The van der Waals surface area contributed by atoms with E-state index in [0.717, 1.165) is 31.5 Å². The lowest BCUT2D eigenvalue weighted by Crippen LogP contribution is -2.46. The fraction of sp³-hybridized carbons (Fsp3) is 0.875. The molecule has 118 valence electrons. The molecule has 0 aromatic heterocycles. The molecule has 2 atom stereocenters. The molecular weight excluding hydrogens is 266 g/mol. The van der Waals surface area contributed by atoms with Crippen molar-refractivity contribution >= 4 is 11.9 Å². The van der Waals surface area contributed by atoms with Gasteiger partial charge in [0.2, 0.25) is 0 Å². The molecule has 21 heavy (non-hydrogen) atoms. The number of nitrogens with one attached hydrogen (secondary N) is 1. The van der Waals surface area contributed by atoms with Crippen molar-refractivity contribution in [3.05, 3.63) is 0 Å². The third-order valence-electron chi connectivity index (χ3n) is 5.46. The SMILES string of the molecule is CC1(C)NC(=O)N(CCN2CC[C@@H]3CCCC[C@H]3C2)C1=O. The monoisotopic (exact) mass is 293 g/mol.